The number of hydrogen-bond acceptors (Lipinski definition) is 3. The van der Waals surface area contributed by atoms with E-state index in [2.05, 4.69) is 26.0 Å². The molecular formula is C7H7BrN4. The third kappa shape index (κ3) is 0.896. The molecule has 5 heteroatoms. The highest BCUT2D eigenvalue weighted by Crippen LogP contribution is 2.18. The SMILES string of the molecule is Cc1cnc2c(Br)cnn2c1N. The zero-order valence-electron chi connectivity index (χ0n) is 6.45. The second-order valence-electron chi connectivity index (χ2n) is 2.55. The van der Waals surface area contributed by atoms with Gasteiger partial charge in [-0.3, -0.25) is 0 Å². The van der Waals surface area contributed by atoms with E-state index in [4.69, 9.17) is 5.73 Å². The molecule has 0 aliphatic carbocycles. The van der Waals surface area contributed by atoms with Crippen LogP contribution in [-0.2, 0) is 0 Å². The van der Waals surface area contributed by atoms with Gasteiger partial charge in [0.05, 0.1) is 10.7 Å². The van der Waals surface area contributed by atoms with Crippen LogP contribution in [-0.4, -0.2) is 14.6 Å². The lowest BCUT2D eigenvalue weighted by Crippen LogP contribution is -2.02. The summed E-state index contributed by atoms with van der Waals surface area (Å²) in [6.07, 6.45) is 3.41. The van der Waals surface area contributed by atoms with Gasteiger partial charge in [0.2, 0.25) is 0 Å². The normalized spacial score (nSPS) is 10.8. The van der Waals surface area contributed by atoms with Crippen LogP contribution in [0.25, 0.3) is 5.65 Å². The van der Waals surface area contributed by atoms with Gasteiger partial charge in [0, 0.05) is 11.8 Å². The first-order chi connectivity index (χ1) is 5.70. The van der Waals surface area contributed by atoms with Crippen molar-refractivity contribution in [3.8, 4) is 0 Å². The Bertz CT molecular complexity index is 434. The van der Waals surface area contributed by atoms with Gasteiger partial charge in [0.15, 0.2) is 5.65 Å². The molecule has 0 atom stereocenters. The molecule has 4 nitrogen and oxygen atoms in total. The summed E-state index contributed by atoms with van der Waals surface area (Å²) in [6, 6.07) is 0. The second-order valence-corrected chi connectivity index (χ2v) is 3.41. The molecule has 0 amide bonds. The maximum Gasteiger partial charge on any atom is 0.171 e. The summed E-state index contributed by atoms with van der Waals surface area (Å²) in [5, 5.41) is 4.06. The van der Waals surface area contributed by atoms with Crippen LogP contribution in [0.5, 0.6) is 0 Å². The molecule has 2 rings (SSSR count). The minimum absolute atomic E-state index is 0.630. The van der Waals surface area contributed by atoms with Crippen LogP contribution in [0.4, 0.5) is 5.82 Å². The highest BCUT2D eigenvalue weighted by molar-refractivity contribution is 9.10. The third-order valence-corrected chi connectivity index (χ3v) is 2.27. The number of nitrogens with zero attached hydrogens (tertiary/aromatic N) is 3. The van der Waals surface area contributed by atoms with Crippen molar-refractivity contribution in [3.05, 3.63) is 22.4 Å². The standard InChI is InChI=1S/C7H7BrN4/c1-4-2-10-7-5(8)3-11-12(7)6(4)9/h2-3H,9H2,1H3. The van der Waals surface area contributed by atoms with E-state index in [9.17, 15) is 0 Å². The van der Waals surface area contributed by atoms with Gasteiger partial charge in [-0.2, -0.15) is 9.61 Å². The number of aromatic nitrogens is 3. The minimum Gasteiger partial charge on any atom is -0.383 e. The molecule has 2 heterocycles. The Morgan fingerprint density at radius 2 is 2.25 bits per heavy atom. The Labute approximate surface area is 77.5 Å². The predicted molar refractivity (Wildman–Crippen MR) is 49.8 cm³/mol. The van der Waals surface area contributed by atoms with E-state index < -0.39 is 0 Å². The van der Waals surface area contributed by atoms with Crippen molar-refractivity contribution >= 4 is 27.4 Å². The van der Waals surface area contributed by atoms with Crippen LogP contribution < -0.4 is 5.73 Å². The average Bonchev–Trinajstić information content (AvgIpc) is 2.41. The number of rotatable bonds is 0. The van der Waals surface area contributed by atoms with E-state index in [1.54, 1.807) is 16.9 Å². The van der Waals surface area contributed by atoms with Gasteiger partial charge in [-0.15, -0.1) is 0 Å². The zero-order valence-corrected chi connectivity index (χ0v) is 8.04. The largest absolute Gasteiger partial charge is 0.383 e. The lowest BCUT2D eigenvalue weighted by atomic mass is 10.3. The van der Waals surface area contributed by atoms with Crippen molar-refractivity contribution in [3.63, 3.8) is 0 Å². The first-order valence-corrected chi connectivity index (χ1v) is 4.24. The quantitative estimate of drug-likeness (QED) is 0.739. The summed E-state index contributed by atoms with van der Waals surface area (Å²) >= 11 is 3.32. The van der Waals surface area contributed by atoms with Crippen molar-refractivity contribution in [2.24, 2.45) is 0 Å². The Hall–Kier alpha value is -1.10. The summed E-state index contributed by atoms with van der Waals surface area (Å²) in [4.78, 5) is 4.17. The fraction of sp³-hybridized carbons (Fsp3) is 0.143. The van der Waals surface area contributed by atoms with Crippen molar-refractivity contribution < 1.29 is 0 Å². The van der Waals surface area contributed by atoms with Gasteiger partial charge in [-0.05, 0) is 22.9 Å². The number of fused-ring (bicyclic) bond motifs is 1. The van der Waals surface area contributed by atoms with Gasteiger partial charge in [-0.25, -0.2) is 4.98 Å². The molecule has 2 aromatic heterocycles. The monoisotopic (exact) mass is 226 g/mol. The van der Waals surface area contributed by atoms with Crippen LogP contribution in [0, 0.1) is 6.92 Å². The molecule has 0 radical (unpaired) electrons. The van der Waals surface area contributed by atoms with Crippen LogP contribution >= 0.6 is 15.9 Å². The lowest BCUT2D eigenvalue weighted by molar-refractivity contribution is 0.942. The molecule has 0 saturated heterocycles. The Balaban J connectivity index is 2.93. The van der Waals surface area contributed by atoms with Gasteiger partial charge in [0.1, 0.15) is 5.82 Å². The van der Waals surface area contributed by atoms with Gasteiger partial charge in [-0.1, -0.05) is 0 Å². The molecule has 0 fully saturated rings. The molecule has 12 heavy (non-hydrogen) atoms. The Morgan fingerprint density at radius 3 is 3.00 bits per heavy atom. The van der Waals surface area contributed by atoms with Crippen molar-refractivity contribution in [2.75, 3.05) is 5.73 Å². The van der Waals surface area contributed by atoms with Crippen molar-refractivity contribution in [1.29, 1.82) is 0 Å². The van der Waals surface area contributed by atoms with E-state index >= 15 is 0 Å². The van der Waals surface area contributed by atoms with E-state index in [0.717, 1.165) is 15.7 Å². The van der Waals surface area contributed by atoms with Crippen LogP contribution in [0.2, 0.25) is 0 Å². The highest BCUT2D eigenvalue weighted by Gasteiger charge is 2.05. The van der Waals surface area contributed by atoms with Crippen molar-refractivity contribution in [1.82, 2.24) is 14.6 Å². The maximum atomic E-state index is 5.77. The number of anilines is 1. The van der Waals surface area contributed by atoms with E-state index in [1.807, 2.05) is 6.92 Å². The molecular weight excluding hydrogens is 220 g/mol. The molecule has 0 saturated carbocycles. The average molecular weight is 227 g/mol. The summed E-state index contributed by atoms with van der Waals surface area (Å²) in [5.74, 6) is 0.630. The molecule has 0 spiro atoms. The fourth-order valence-corrected chi connectivity index (χ4v) is 1.37. The van der Waals surface area contributed by atoms with E-state index in [1.165, 1.54) is 0 Å². The summed E-state index contributed by atoms with van der Waals surface area (Å²) in [7, 11) is 0. The number of halogens is 1. The number of aryl methyl sites for hydroxylation is 1. The Kier molecular flexibility index (Phi) is 1.54. The number of nitrogen functional groups attached to an aromatic ring is 1. The van der Waals surface area contributed by atoms with Gasteiger partial charge < -0.3 is 5.73 Å². The maximum absolute atomic E-state index is 5.77. The van der Waals surface area contributed by atoms with Gasteiger partial charge in [0.25, 0.3) is 0 Å². The molecule has 2 N–H and O–H groups in total. The summed E-state index contributed by atoms with van der Waals surface area (Å²) < 4.78 is 2.47. The predicted octanol–water partition coefficient (Wildman–Crippen LogP) is 1.38. The summed E-state index contributed by atoms with van der Waals surface area (Å²) in [5.41, 5.74) is 7.45. The molecule has 0 bridgehead atoms. The van der Waals surface area contributed by atoms with Gasteiger partial charge >= 0.3 is 0 Å². The minimum atomic E-state index is 0.630. The van der Waals surface area contributed by atoms with Crippen LogP contribution in [0.1, 0.15) is 5.56 Å². The van der Waals surface area contributed by atoms with Crippen LogP contribution in [0.3, 0.4) is 0 Å². The van der Waals surface area contributed by atoms with Crippen molar-refractivity contribution in [2.45, 2.75) is 6.92 Å². The molecule has 62 valence electrons. The molecule has 0 aliphatic rings. The second kappa shape index (κ2) is 2.45. The lowest BCUT2D eigenvalue weighted by Gasteiger charge is -2.00. The molecule has 0 unspecified atom stereocenters. The van der Waals surface area contributed by atoms with Crippen LogP contribution in [0.15, 0.2) is 16.9 Å². The zero-order chi connectivity index (χ0) is 8.72. The smallest absolute Gasteiger partial charge is 0.171 e. The topological polar surface area (TPSA) is 56.2 Å². The highest BCUT2D eigenvalue weighted by atomic mass is 79.9. The fourth-order valence-electron chi connectivity index (χ4n) is 1.01. The number of hydrogen-bond donors (Lipinski definition) is 1. The Morgan fingerprint density at radius 1 is 1.50 bits per heavy atom. The van der Waals surface area contributed by atoms with E-state index in [0.29, 0.717) is 5.82 Å². The number of nitrogens with two attached hydrogens (primary N) is 1. The molecule has 0 aliphatic heterocycles. The first kappa shape index (κ1) is 7.54. The first-order valence-electron chi connectivity index (χ1n) is 3.44. The molecule has 2 aromatic rings. The van der Waals surface area contributed by atoms with E-state index in [-0.39, 0.29) is 0 Å². The molecule has 0 aromatic carbocycles. The summed E-state index contributed by atoms with van der Waals surface area (Å²) in [6.45, 7) is 1.90. The third-order valence-electron chi connectivity index (χ3n) is 1.71.